The summed E-state index contributed by atoms with van der Waals surface area (Å²) >= 11 is 1.43. The van der Waals surface area contributed by atoms with Crippen molar-refractivity contribution in [1.82, 2.24) is 4.57 Å². The van der Waals surface area contributed by atoms with Gasteiger partial charge in [-0.2, -0.15) is 4.99 Å². The lowest BCUT2D eigenvalue weighted by Gasteiger charge is -2.39. The molecule has 1 heterocycles. The Hall–Kier alpha value is -1.75. The van der Waals surface area contributed by atoms with Gasteiger partial charge in [0, 0.05) is 18.6 Å². The Bertz CT molecular complexity index is 712. The lowest BCUT2D eigenvalue weighted by atomic mass is 9.64. The summed E-state index contributed by atoms with van der Waals surface area (Å²) in [6.07, 6.45) is 4.34. The predicted molar refractivity (Wildman–Crippen MR) is 75.8 cm³/mol. The third kappa shape index (κ3) is 2.12. The Kier molecular flexibility index (Phi) is 3.30. The topological polar surface area (TPSA) is 34.4 Å². The zero-order valence-electron chi connectivity index (χ0n) is 11.2. The molecule has 0 saturated heterocycles. The number of hydrogen-bond acceptors (Lipinski definition) is 2. The summed E-state index contributed by atoms with van der Waals surface area (Å²) in [5, 5.41) is 1.89. The highest BCUT2D eigenvalue weighted by Crippen LogP contribution is 2.44. The lowest BCUT2D eigenvalue weighted by Crippen LogP contribution is -2.42. The number of aromatic nitrogens is 1. The molecule has 5 heteroatoms. The van der Waals surface area contributed by atoms with Crippen molar-refractivity contribution < 1.29 is 9.18 Å². The molecule has 1 saturated carbocycles. The smallest absolute Gasteiger partial charge is 0.258 e. The molecular formula is C15H15FN2OS. The maximum absolute atomic E-state index is 13.4. The van der Waals surface area contributed by atoms with Crippen molar-refractivity contribution in [1.29, 1.82) is 0 Å². The van der Waals surface area contributed by atoms with Gasteiger partial charge in [-0.3, -0.25) is 4.79 Å². The van der Waals surface area contributed by atoms with Gasteiger partial charge in [-0.15, -0.1) is 11.3 Å². The van der Waals surface area contributed by atoms with Gasteiger partial charge in [-0.1, -0.05) is 18.6 Å². The average Bonchev–Trinajstić information content (AvgIpc) is 2.74. The molecule has 104 valence electrons. The van der Waals surface area contributed by atoms with E-state index in [1.54, 1.807) is 6.07 Å². The second-order valence-corrected chi connectivity index (χ2v) is 6.03. The van der Waals surface area contributed by atoms with Crippen LogP contribution in [0, 0.1) is 5.82 Å². The summed E-state index contributed by atoms with van der Waals surface area (Å²) in [6.45, 7) is 0. The average molecular weight is 290 g/mol. The number of rotatable bonds is 2. The summed E-state index contributed by atoms with van der Waals surface area (Å²) in [5.74, 6) is -0.462. The summed E-state index contributed by atoms with van der Waals surface area (Å²) in [6, 6.07) is 6.34. The number of nitrogens with zero attached hydrogens (tertiary/aromatic N) is 2. The molecule has 3 nitrogen and oxygen atoms in total. The fourth-order valence-electron chi connectivity index (χ4n) is 2.57. The third-order valence-corrected chi connectivity index (χ3v) is 4.80. The molecule has 1 aliphatic carbocycles. The molecule has 0 N–H and O–H groups in total. The van der Waals surface area contributed by atoms with Crippen LogP contribution < -0.4 is 4.80 Å². The van der Waals surface area contributed by atoms with Crippen molar-refractivity contribution in [2.75, 3.05) is 0 Å². The first-order valence-electron chi connectivity index (χ1n) is 6.57. The molecule has 1 fully saturated rings. The number of thiazole rings is 1. The van der Waals surface area contributed by atoms with Crippen LogP contribution in [0.4, 0.5) is 4.39 Å². The van der Waals surface area contributed by atoms with Crippen LogP contribution in [0.5, 0.6) is 0 Å². The first-order valence-corrected chi connectivity index (χ1v) is 7.45. The van der Waals surface area contributed by atoms with Gasteiger partial charge in [0.1, 0.15) is 5.82 Å². The van der Waals surface area contributed by atoms with E-state index >= 15 is 0 Å². The number of aryl methyl sites for hydroxylation is 1. The first kappa shape index (κ1) is 13.2. The van der Waals surface area contributed by atoms with E-state index in [0.717, 1.165) is 24.8 Å². The minimum atomic E-state index is -0.626. The van der Waals surface area contributed by atoms with Crippen LogP contribution in [0.2, 0.25) is 0 Å². The van der Waals surface area contributed by atoms with Crippen molar-refractivity contribution in [2.24, 2.45) is 12.0 Å². The zero-order valence-corrected chi connectivity index (χ0v) is 12.0. The minimum Gasteiger partial charge on any atom is -0.327 e. The molecule has 3 rings (SSSR count). The molecule has 0 spiro atoms. The molecule has 1 amide bonds. The van der Waals surface area contributed by atoms with Gasteiger partial charge in [0.25, 0.3) is 5.91 Å². The van der Waals surface area contributed by atoms with Crippen LogP contribution in [0.25, 0.3) is 0 Å². The Morgan fingerprint density at radius 3 is 2.80 bits per heavy atom. The summed E-state index contributed by atoms with van der Waals surface area (Å²) < 4.78 is 15.2. The van der Waals surface area contributed by atoms with Crippen molar-refractivity contribution in [2.45, 2.75) is 24.7 Å². The van der Waals surface area contributed by atoms with Gasteiger partial charge in [0.15, 0.2) is 4.80 Å². The van der Waals surface area contributed by atoms with E-state index in [4.69, 9.17) is 0 Å². The van der Waals surface area contributed by atoms with Crippen molar-refractivity contribution in [3.63, 3.8) is 0 Å². The summed E-state index contributed by atoms with van der Waals surface area (Å²) in [7, 11) is 1.86. The van der Waals surface area contributed by atoms with E-state index in [1.165, 1.54) is 23.5 Å². The molecule has 2 aromatic rings. The van der Waals surface area contributed by atoms with Gasteiger partial charge >= 0.3 is 0 Å². The van der Waals surface area contributed by atoms with E-state index in [0.29, 0.717) is 4.80 Å². The highest BCUT2D eigenvalue weighted by molar-refractivity contribution is 7.07. The Morgan fingerprint density at radius 1 is 1.45 bits per heavy atom. The van der Waals surface area contributed by atoms with Gasteiger partial charge in [0.05, 0.1) is 5.41 Å². The molecule has 0 bridgehead atoms. The Balaban J connectivity index is 2.02. The number of carbonyl (C=O) groups is 1. The van der Waals surface area contributed by atoms with Gasteiger partial charge in [-0.05, 0) is 30.5 Å². The van der Waals surface area contributed by atoms with Crippen molar-refractivity contribution in [3.8, 4) is 0 Å². The van der Waals surface area contributed by atoms with Gasteiger partial charge in [-0.25, -0.2) is 4.39 Å². The molecule has 0 radical (unpaired) electrons. The lowest BCUT2D eigenvalue weighted by molar-refractivity contribution is -0.126. The SMILES string of the molecule is Cn1ccsc1=NC(=O)C1(c2cccc(F)c2)CCC1. The number of carbonyl (C=O) groups excluding carboxylic acids is 1. The Labute approximate surface area is 120 Å². The molecule has 0 aliphatic heterocycles. The molecule has 1 aliphatic rings. The van der Waals surface area contributed by atoms with Crippen LogP contribution in [-0.2, 0) is 17.3 Å². The maximum Gasteiger partial charge on any atom is 0.258 e. The van der Waals surface area contributed by atoms with Crippen LogP contribution in [0.1, 0.15) is 24.8 Å². The van der Waals surface area contributed by atoms with E-state index < -0.39 is 5.41 Å². The Morgan fingerprint density at radius 2 is 2.25 bits per heavy atom. The maximum atomic E-state index is 13.4. The van der Waals surface area contributed by atoms with Crippen molar-refractivity contribution >= 4 is 17.2 Å². The fraction of sp³-hybridized carbons (Fsp3) is 0.333. The fourth-order valence-corrected chi connectivity index (χ4v) is 3.30. The first-order chi connectivity index (χ1) is 9.62. The molecule has 20 heavy (non-hydrogen) atoms. The quantitative estimate of drug-likeness (QED) is 0.837. The van der Waals surface area contributed by atoms with Crippen LogP contribution in [0.3, 0.4) is 0 Å². The second kappa shape index (κ2) is 4.98. The van der Waals surface area contributed by atoms with Crippen molar-refractivity contribution in [3.05, 3.63) is 52.0 Å². The second-order valence-electron chi connectivity index (χ2n) is 5.16. The molecule has 0 unspecified atom stereocenters. The van der Waals surface area contributed by atoms with Crippen LogP contribution in [-0.4, -0.2) is 10.5 Å². The third-order valence-electron chi connectivity index (χ3n) is 3.95. The number of halogens is 1. The monoisotopic (exact) mass is 290 g/mol. The highest BCUT2D eigenvalue weighted by atomic mass is 32.1. The minimum absolute atomic E-state index is 0.160. The van der Waals surface area contributed by atoms with E-state index in [-0.39, 0.29) is 11.7 Å². The summed E-state index contributed by atoms with van der Waals surface area (Å²) in [5.41, 5.74) is 0.121. The number of benzene rings is 1. The largest absolute Gasteiger partial charge is 0.327 e. The van der Waals surface area contributed by atoms with E-state index in [2.05, 4.69) is 4.99 Å². The standard InChI is InChI=1S/C15H15FN2OS/c1-18-8-9-20-14(18)17-13(19)15(6-3-7-15)11-4-2-5-12(16)10-11/h2,4-5,8-10H,3,6-7H2,1H3. The van der Waals surface area contributed by atoms with E-state index in [1.807, 2.05) is 29.3 Å². The van der Waals surface area contributed by atoms with Crippen LogP contribution >= 0.6 is 11.3 Å². The van der Waals surface area contributed by atoms with Crippen LogP contribution in [0.15, 0.2) is 40.8 Å². The predicted octanol–water partition coefficient (Wildman–Crippen LogP) is 2.77. The number of amides is 1. The van der Waals surface area contributed by atoms with Gasteiger partial charge < -0.3 is 4.57 Å². The van der Waals surface area contributed by atoms with E-state index in [9.17, 15) is 9.18 Å². The molecule has 1 aromatic heterocycles. The number of hydrogen-bond donors (Lipinski definition) is 0. The molecule has 0 atom stereocenters. The molecule has 1 aromatic carbocycles. The zero-order chi connectivity index (χ0) is 14.2. The normalized spacial score (nSPS) is 17.8. The molecular weight excluding hydrogens is 275 g/mol. The summed E-state index contributed by atoms with van der Waals surface area (Å²) in [4.78, 5) is 17.5. The van der Waals surface area contributed by atoms with Gasteiger partial charge in [0.2, 0.25) is 0 Å². The highest BCUT2D eigenvalue weighted by Gasteiger charge is 2.45.